The van der Waals surface area contributed by atoms with Gasteiger partial charge >= 0.3 is 0 Å². The summed E-state index contributed by atoms with van der Waals surface area (Å²) in [5.74, 6) is -0.0419. The second kappa shape index (κ2) is 4.45. The third-order valence-corrected chi connectivity index (χ3v) is 3.24. The van der Waals surface area contributed by atoms with Gasteiger partial charge in [0.1, 0.15) is 0 Å². The Labute approximate surface area is 80.4 Å². The van der Waals surface area contributed by atoms with E-state index in [0.29, 0.717) is 5.41 Å². The van der Waals surface area contributed by atoms with E-state index >= 15 is 0 Å². The van der Waals surface area contributed by atoms with Gasteiger partial charge in [0.25, 0.3) is 0 Å². The van der Waals surface area contributed by atoms with Gasteiger partial charge in [0, 0.05) is 6.54 Å². The van der Waals surface area contributed by atoms with Crippen molar-refractivity contribution in [3.8, 4) is 0 Å². The van der Waals surface area contributed by atoms with E-state index in [1.807, 2.05) is 0 Å². The number of carbonyl (C=O) groups is 1. The van der Waals surface area contributed by atoms with Crippen LogP contribution in [0.1, 0.15) is 39.0 Å². The third-order valence-electron chi connectivity index (χ3n) is 3.24. The van der Waals surface area contributed by atoms with Crippen molar-refractivity contribution in [2.24, 2.45) is 5.41 Å². The van der Waals surface area contributed by atoms with E-state index in [2.05, 4.69) is 18.8 Å². The lowest BCUT2D eigenvalue weighted by atomic mass is 9.83. The van der Waals surface area contributed by atoms with Gasteiger partial charge in [-0.05, 0) is 30.8 Å². The summed E-state index contributed by atoms with van der Waals surface area (Å²) in [6.07, 6.45) is 7.68. The highest BCUT2D eigenvalue weighted by molar-refractivity contribution is 5.86. The van der Waals surface area contributed by atoms with Crippen LogP contribution in [-0.2, 0) is 4.79 Å². The highest BCUT2D eigenvalue weighted by Gasteiger charge is 2.31. The SMILES string of the molecule is C=CC(=O)NCC1(CC)CCCC1. The molecular formula is C11H19NO. The highest BCUT2D eigenvalue weighted by atomic mass is 16.1. The first kappa shape index (κ1) is 10.3. The zero-order valence-corrected chi connectivity index (χ0v) is 8.44. The van der Waals surface area contributed by atoms with E-state index in [-0.39, 0.29) is 5.91 Å². The molecule has 0 bridgehead atoms. The van der Waals surface area contributed by atoms with Crippen LogP contribution in [0.2, 0.25) is 0 Å². The number of carbonyl (C=O) groups excluding carboxylic acids is 1. The summed E-state index contributed by atoms with van der Waals surface area (Å²) in [5, 5.41) is 2.91. The second-order valence-electron chi connectivity index (χ2n) is 3.98. The highest BCUT2D eigenvalue weighted by Crippen LogP contribution is 2.40. The number of hydrogen-bond acceptors (Lipinski definition) is 1. The molecule has 0 aromatic heterocycles. The topological polar surface area (TPSA) is 29.1 Å². The van der Waals surface area contributed by atoms with Gasteiger partial charge in [0.15, 0.2) is 0 Å². The minimum atomic E-state index is -0.0419. The fraction of sp³-hybridized carbons (Fsp3) is 0.727. The summed E-state index contributed by atoms with van der Waals surface area (Å²) in [6, 6.07) is 0. The minimum absolute atomic E-state index is 0.0419. The Balaban J connectivity index is 2.39. The average molecular weight is 181 g/mol. The molecule has 0 aliphatic heterocycles. The summed E-state index contributed by atoms with van der Waals surface area (Å²) in [6.45, 7) is 6.48. The van der Waals surface area contributed by atoms with Crippen LogP contribution in [0, 0.1) is 5.41 Å². The molecule has 1 amide bonds. The van der Waals surface area contributed by atoms with Gasteiger partial charge in [-0.1, -0.05) is 26.3 Å². The summed E-state index contributed by atoms with van der Waals surface area (Å²) in [5.41, 5.74) is 0.388. The lowest BCUT2D eigenvalue weighted by Crippen LogP contribution is -2.34. The van der Waals surface area contributed by atoms with E-state index in [0.717, 1.165) is 6.54 Å². The Morgan fingerprint density at radius 1 is 1.54 bits per heavy atom. The zero-order valence-electron chi connectivity index (χ0n) is 8.44. The van der Waals surface area contributed by atoms with Gasteiger partial charge in [0.05, 0.1) is 0 Å². The lowest BCUT2D eigenvalue weighted by molar-refractivity contribution is -0.117. The molecule has 0 unspecified atom stereocenters. The smallest absolute Gasteiger partial charge is 0.243 e. The summed E-state index contributed by atoms with van der Waals surface area (Å²) in [7, 11) is 0. The van der Waals surface area contributed by atoms with Crippen LogP contribution < -0.4 is 5.32 Å². The average Bonchev–Trinajstić information content (AvgIpc) is 2.63. The summed E-state index contributed by atoms with van der Waals surface area (Å²) in [4.78, 5) is 11.0. The van der Waals surface area contributed by atoms with Gasteiger partial charge in [0.2, 0.25) is 5.91 Å². The fourth-order valence-corrected chi connectivity index (χ4v) is 2.13. The number of amides is 1. The van der Waals surface area contributed by atoms with Crippen LogP contribution in [0.3, 0.4) is 0 Å². The van der Waals surface area contributed by atoms with Gasteiger partial charge in [-0.2, -0.15) is 0 Å². The molecule has 0 spiro atoms. The molecule has 1 rings (SSSR count). The Kier molecular flexibility index (Phi) is 3.52. The van der Waals surface area contributed by atoms with Crippen molar-refractivity contribution in [1.29, 1.82) is 0 Å². The molecule has 0 aromatic carbocycles. The molecule has 74 valence electrons. The first-order valence-corrected chi connectivity index (χ1v) is 5.13. The molecule has 2 heteroatoms. The van der Waals surface area contributed by atoms with E-state index in [4.69, 9.17) is 0 Å². The van der Waals surface area contributed by atoms with Crippen molar-refractivity contribution < 1.29 is 4.79 Å². The molecule has 0 radical (unpaired) electrons. The van der Waals surface area contributed by atoms with Crippen molar-refractivity contribution in [3.63, 3.8) is 0 Å². The van der Waals surface area contributed by atoms with Crippen molar-refractivity contribution in [2.75, 3.05) is 6.54 Å². The van der Waals surface area contributed by atoms with E-state index in [1.165, 1.54) is 38.2 Å². The maximum absolute atomic E-state index is 11.0. The van der Waals surface area contributed by atoms with Crippen LogP contribution >= 0.6 is 0 Å². The normalized spacial score (nSPS) is 19.8. The zero-order chi connectivity index (χ0) is 9.73. The Bertz CT molecular complexity index is 192. The Morgan fingerprint density at radius 2 is 2.15 bits per heavy atom. The predicted molar refractivity (Wildman–Crippen MR) is 54.4 cm³/mol. The lowest BCUT2D eigenvalue weighted by Gasteiger charge is -2.27. The van der Waals surface area contributed by atoms with Crippen molar-refractivity contribution in [3.05, 3.63) is 12.7 Å². The third kappa shape index (κ3) is 2.58. The Hall–Kier alpha value is -0.790. The largest absolute Gasteiger partial charge is 0.352 e. The molecule has 1 saturated carbocycles. The molecular weight excluding hydrogens is 162 g/mol. The molecule has 0 atom stereocenters. The monoisotopic (exact) mass is 181 g/mol. The molecule has 1 fully saturated rings. The Morgan fingerprint density at radius 3 is 2.62 bits per heavy atom. The fourth-order valence-electron chi connectivity index (χ4n) is 2.13. The molecule has 0 heterocycles. The van der Waals surface area contributed by atoms with Gasteiger partial charge in [-0.15, -0.1) is 0 Å². The van der Waals surface area contributed by atoms with Crippen LogP contribution in [-0.4, -0.2) is 12.5 Å². The maximum atomic E-state index is 11.0. The van der Waals surface area contributed by atoms with E-state index in [1.54, 1.807) is 0 Å². The molecule has 1 aliphatic rings. The van der Waals surface area contributed by atoms with Crippen LogP contribution in [0.15, 0.2) is 12.7 Å². The van der Waals surface area contributed by atoms with E-state index in [9.17, 15) is 4.79 Å². The first-order chi connectivity index (χ1) is 6.22. The second-order valence-corrected chi connectivity index (χ2v) is 3.98. The minimum Gasteiger partial charge on any atom is -0.352 e. The van der Waals surface area contributed by atoms with Crippen LogP contribution in [0.4, 0.5) is 0 Å². The van der Waals surface area contributed by atoms with Crippen molar-refractivity contribution in [2.45, 2.75) is 39.0 Å². The van der Waals surface area contributed by atoms with Gasteiger partial charge in [-0.25, -0.2) is 0 Å². The predicted octanol–water partition coefficient (Wildman–Crippen LogP) is 2.26. The molecule has 0 aromatic rings. The first-order valence-electron chi connectivity index (χ1n) is 5.13. The molecule has 2 nitrogen and oxygen atoms in total. The summed E-state index contributed by atoms with van der Waals surface area (Å²) < 4.78 is 0. The summed E-state index contributed by atoms with van der Waals surface area (Å²) >= 11 is 0. The van der Waals surface area contributed by atoms with Gasteiger partial charge in [-0.3, -0.25) is 4.79 Å². The van der Waals surface area contributed by atoms with Crippen molar-refractivity contribution >= 4 is 5.91 Å². The number of nitrogens with one attached hydrogen (secondary N) is 1. The molecule has 0 saturated heterocycles. The maximum Gasteiger partial charge on any atom is 0.243 e. The molecule has 1 N–H and O–H groups in total. The number of hydrogen-bond donors (Lipinski definition) is 1. The van der Waals surface area contributed by atoms with Crippen molar-refractivity contribution in [1.82, 2.24) is 5.32 Å². The molecule has 1 aliphatic carbocycles. The number of rotatable bonds is 4. The standard InChI is InChI=1S/C11H19NO/c1-3-10(13)12-9-11(4-2)7-5-6-8-11/h3H,1,4-9H2,2H3,(H,12,13). The van der Waals surface area contributed by atoms with Crippen LogP contribution in [0.5, 0.6) is 0 Å². The quantitative estimate of drug-likeness (QED) is 0.662. The van der Waals surface area contributed by atoms with Crippen LogP contribution in [0.25, 0.3) is 0 Å². The van der Waals surface area contributed by atoms with E-state index < -0.39 is 0 Å². The van der Waals surface area contributed by atoms with Gasteiger partial charge < -0.3 is 5.32 Å². The molecule has 13 heavy (non-hydrogen) atoms.